The van der Waals surface area contributed by atoms with Gasteiger partial charge >= 0.3 is 12.1 Å². The highest BCUT2D eigenvalue weighted by molar-refractivity contribution is 5.79. The minimum atomic E-state index is -1.02. The maximum Gasteiger partial charge on any atom is 0.407 e. The molecule has 0 aromatic heterocycles. The highest BCUT2D eigenvalue weighted by Gasteiger charge is 2.19. The number of carbonyl (C=O) groups excluding carboxylic acids is 1. The highest BCUT2D eigenvalue weighted by Crippen LogP contribution is 2.06. The zero-order chi connectivity index (χ0) is 11.7. The molecule has 0 fully saturated rings. The van der Waals surface area contributed by atoms with Crippen LogP contribution in [0.4, 0.5) is 4.79 Å². The van der Waals surface area contributed by atoms with Crippen molar-refractivity contribution in [1.29, 1.82) is 0 Å². The van der Waals surface area contributed by atoms with E-state index in [2.05, 4.69) is 17.0 Å². The molecule has 0 spiro atoms. The third-order valence-corrected chi connectivity index (χ3v) is 2.12. The van der Waals surface area contributed by atoms with Crippen molar-refractivity contribution < 1.29 is 19.4 Å². The van der Waals surface area contributed by atoms with Gasteiger partial charge in [0.1, 0.15) is 6.04 Å². The third-order valence-electron chi connectivity index (χ3n) is 2.12. The molecule has 0 aromatic rings. The predicted molar refractivity (Wildman–Crippen MR) is 55.7 cm³/mol. The van der Waals surface area contributed by atoms with Crippen LogP contribution in [0.2, 0.25) is 0 Å². The summed E-state index contributed by atoms with van der Waals surface area (Å²) in [5.74, 6) is -1.02. The summed E-state index contributed by atoms with van der Waals surface area (Å²) in [7, 11) is 1.21. The number of ether oxygens (including phenoxy) is 1. The second kappa shape index (κ2) is 8.08. The number of carbonyl (C=O) groups is 2. The van der Waals surface area contributed by atoms with E-state index in [4.69, 9.17) is 5.11 Å². The normalized spacial score (nSPS) is 11.9. The minimum absolute atomic E-state index is 0.449. The van der Waals surface area contributed by atoms with Crippen molar-refractivity contribution in [1.82, 2.24) is 5.32 Å². The smallest absolute Gasteiger partial charge is 0.407 e. The van der Waals surface area contributed by atoms with E-state index < -0.39 is 18.1 Å². The molecule has 1 unspecified atom stereocenters. The Morgan fingerprint density at radius 1 is 1.33 bits per heavy atom. The maximum atomic E-state index is 10.8. The topological polar surface area (TPSA) is 75.6 Å². The standard InChI is InChI=1S/C10H19NO4/c1-3-4-5-6-7-8(9(12)13)11-10(14)15-2/h8H,3-7H2,1-2H3,(H,11,14)(H,12,13). The van der Waals surface area contributed by atoms with Crippen LogP contribution < -0.4 is 5.32 Å². The SMILES string of the molecule is CCCCCCC(NC(=O)OC)C(=O)O. The van der Waals surface area contributed by atoms with Gasteiger partial charge in [0.2, 0.25) is 0 Å². The van der Waals surface area contributed by atoms with Gasteiger partial charge in [-0.25, -0.2) is 9.59 Å². The molecular formula is C10H19NO4. The fourth-order valence-corrected chi connectivity index (χ4v) is 1.23. The lowest BCUT2D eigenvalue weighted by Gasteiger charge is -2.12. The van der Waals surface area contributed by atoms with Crippen LogP contribution >= 0.6 is 0 Å². The summed E-state index contributed by atoms with van der Waals surface area (Å²) in [5, 5.41) is 11.1. The Morgan fingerprint density at radius 3 is 2.47 bits per heavy atom. The Kier molecular flexibility index (Phi) is 7.40. The van der Waals surface area contributed by atoms with Gasteiger partial charge < -0.3 is 15.2 Å². The molecule has 1 atom stereocenters. The fraction of sp³-hybridized carbons (Fsp3) is 0.800. The minimum Gasteiger partial charge on any atom is -0.480 e. The lowest BCUT2D eigenvalue weighted by molar-refractivity contribution is -0.139. The van der Waals surface area contributed by atoms with Crippen molar-refractivity contribution in [2.24, 2.45) is 0 Å². The molecule has 5 heteroatoms. The molecule has 0 heterocycles. The summed E-state index contributed by atoms with van der Waals surface area (Å²) in [5.41, 5.74) is 0. The molecule has 0 aliphatic heterocycles. The van der Waals surface area contributed by atoms with Crippen molar-refractivity contribution in [3.05, 3.63) is 0 Å². The van der Waals surface area contributed by atoms with Crippen LogP contribution in [0.5, 0.6) is 0 Å². The van der Waals surface area contributed by atoms with E-state index in [0.29, 0.717) is 6.42 Å². The molecule has 15 heavy (non-hydrogen) atoms. The molecule has 1 amide bonds. The average molecular weight is 217 g/mol. The number of alkyl carbamates (subject to hydrolysis) is 1. The van der Waals surface area contributed by atoms with E-state index in [1.54, 1.807) is 0 Å². The Labute approximate surface area is 89.8 Å². The van der Waals surface area contributed by atoms with Gasteiger partial charge in [-0.3, -0.25) is 0 Å². The van der Waals surface area contributed by atoms with E-state index in [-0.39, 0.29) is 0 Å². The van der Waals surface area contributed by atoms with Crippen molar-refractivity contribution >= 4 is 12.1 Å². The first kappa shape index (κ1) is 13.7. The van der Waals surface area contributed by atoms with Crippen LogP contribution in [0, 0.1) is 0 Å². The van der Waals surface area contributed by atoms with E-state index >= 15 is 0 Å². The Hall–Kier alpha value is -1.26. The second-order valence-electron chi connectivity index (χ2n) is 3.38. The second-order valence-corrected chi connectivity index (χ2v) is 3.38. The molecule has 0 radical (unpaired) electrons. The van der Waals surface area contributed by atoms with Crippen LogP contribution in [0.3, 0.4) is 0 Å². The first-order valence-electron chi connectivity index (χ1n) is 5.19. The van der Waals surface area contributed by atoms with Crippen molar-refractivity contribution in [2.45, 2.75) is 45.1 Å². The number of hydrogen-bond donors (Lipinski definition) is 2. The van der Waals surface area contributed by atoms with Gasteiger partial charge in [-0.2, -0.15) is 0 Å². The summed E-state index contributed by atoms with van der Waals surface area (Å²) < 4.78 is 4.34. The lowest BCUT2D eigenvalue weighted by Crippen LogP contribution is -2.40. The number of carboxylic acids is 1. The fourth-order valence-electron chi connectivity index (χ4n) is 1.23. The number of unbranched alkanes of at least 4 members (excludes halogenated alkanes) is 3. The summed E-state index contributed by atoms with van der Waals surface area (Å²) >= 11 is 0. The Morgan fingerprint density at radius 2 is 2.00 bits per heavy atom. The van der Waals surface area contributed by atoms with E-state index in [0.717, 1.165) is 25.7 Å². The van der Waals surface area contributed by atoms with Crippen LogP contribution in [0.15, 0.2) is 0 Å². The zero-order valence-electron chi connectivity index (χ0n) is 9.28. The molecule has 0 rings (SSSR count). The van der Waals surface area contributed by atoms with E-state index in [1.165, 1.54) is 7.11 Å². The number of aliphatic carboxylic acids is 1. The first-order chi connectivity index (χ1) is 7.11. The number of methoxy groups -OCH3 is 1. The largest absolute Gasteiger partial charge is 0.480 e. The molecule has 0 saturated carbocycles. The summed E-state index contributed by atoms with van der Waals surface area (Å²) in [6, 6.07) is -0.839. The number of nitrogens with one attached hydrogen (secondary N) is 1. The first-order valence-corrected chi connectivity index (χ1v) is 5.19. The molecule has 0 aliphatic rings. The molecular weight excluding hydrogens is 198 g/mol. The number of hydrogen-bond acceptors (Lipinski definition) is 3. The van der Waals surface area contributed by atoms with Crippen LogP contribution in [-0.2, 0) is 9.53 Å². The maximum absolute atomic E-state index is 10.8. The molecule has 0 aromatic carbocycles. The molecule has 2 N–H and O–H groups in total. The Bertz CT molecular complexity index is 206. The highest BCUT2D eigenvalue weighted by atomic mass is 16.5. The lowest BCUT2D eigenvalue weighted by atomic mass is 10.1. The summed E-state index contributed by atoms with van der Waals surface area (Å²) in [6.07, 6.45) is 3.73. The van der Waals surface area contributed by atoms with Gasteiger partial charge in [-0.05, 0) is 6.42 Å². The van der Waals surface area contributed by atoms with E-state index in [9.17, 15) is 9.59 Å². The van der Waals surface area contributed by atoms with Crippen molar-refractivity contribution in [2.75, 3.05) is 7.11 Å². The van der Waals surface area contributed by atoms with Crippen LogP contribution in [-0.4, -0.2) is 30.3 Å². The molecule has 0 saturated heterocycles. The number of carboxylic acid groups (broad SMARTS) is 1. The van der Waals surface area contributed by atoms with Gasteiger partial charge in [-0.15, -0.1) is 0 Å². The van der Waals surface area contributed by atoms with Gasteiger partial charge in [-0.1, -0.05) is 32.6 Å². The monoisotopic (exact) mass is 217 g/mol. The number of rotatable bonds is 7. The number of amides is 1. The van der Waals surface area contributed by atoms with Crippen molar-refractivity contribution in [3.63, 3.8) is 0 Å². The zero-order valence-corrected chi connectivity index (χ0v) is 9.28. The van der Waals surface area contributed by atoms with Gasteiger partial charge in [0.05, 0.1) is 7.11 Å². The van der Waals surface area contributed by atoms with Crippen LogP contribution in [0.1, 0.15) is 39.0 Å². The molecule has 0 bridgehead atoms. The predicted octanol–water partition coefficient (Wildman–Crippen LogP) is 1.77. The molecule has 5 nitrogen and oxygen atoms in total. The van der Waals surface area contributed by atoms with Gasteiger partial charge in [0, 0.05) is 0 Å². The Balaban J connectivity index is 3.84. The average Bonchev–Trinajstić information content (AvgIpc) is 2.21. The quantitative estimate of drug-likeness (QED) is 0.637. The molecule has 0 aliphatic carbocycles. The van der Waals surface area contributed by atoms with E-state index in [1.807, 2.05) is 0 Å². The summed E-state index contributed by atoms with van der Waals surface area (Å²) in [4.78, 5) is 21.6. The van der Waals surface area contributed by atoms with Crippen molar-refractivity contribution in [3.8, 4) is 0 Å². The van der Waals surface area contributed by atoms with Crippen LogP contribution in [0.25, 0.3) is 0 Å². The van der Waals surface area contributed by atoms with Gasteiger partial charge in [0.25, 0.3) is 0 Å². The summed E-state index contributed by atoms with van der Waals surface area (Å²) in [6.45, 7) is 2.08. The van der Waals surface area contributed by atoms with Gasteiger partial charge in [0.15, 0.2) is 0 Å². The molecule has 88 valence electrons. The third kappa shape index (κ3) is 6.76.